The average Bonchev–Trinajstić information content (AvgIpc) is 2.81. The summed E-state index contributed by atoms with van der Waals surface area (Å²) in [5.74, 6) is 0.493. The Kier molecular flexibility index (Phi) is 3.30. The number of aromatic nitrogens is 1. The van der Waals surface area contributed by atoms with E-state index in [1.54, 1.807) is 17.5 Å². The van der Waals surface area contributed by atoms with Crippen molar-refractivity contribution in [2.75, 3.05) is 11.8 Å². The van der Waals surface area contributed by atoms with Gasteiger partial charge in [-0.3, -0.25) is 4.72 Å². The Hall–Kier alpha value is -1.60. The molecule has 2 rings (SSSR count). The molecule has 0 fully saturated rings. The summed E-state index contributed by atoms with van der Waals surface area (Å²) in [7, 11) is -2.11. The lowest BCUT2D eigenvalue weighted by atomic mass is 10.3. The van der Waals surface area contributed by atoms with Gasteiger partial charge in [0, 0.05) is 17.6 Å². The van der Waals surface area contributed by atoms with Crippen LogP contribution in [-0.4, -0.2) is 20.5 Å². The van der Waals surface area contributed by atoms with Crippen LogP contribution in [0.5, 0.6) is 5.75 Å². The van der Waals surface area contributed by atoms with Gasteiger partial charge in [0.25, 0.3) is 10.0 Å². The second-order valence-corrected chi connectivity index (χ2v) is 5.70. The third-order valence-electron chi connectivity index (χ3n) is 2.01. The molecule has 5 nitrogen and oxygen atoms in total. The number of nitrogens with one attached hydrogen (secondary N) is 1. The lowest BCUT2D eigenvalue weighted by Crippen LogP contribution is -2.12. The van der Waals surface area contributed by atoms with Crippen LogP contribution in [0.25, 0.3) is 0 Å². The molecule has 2 aromatic rings. The van der Waals surface area contributed by atoms with Gasteiger partial charge in [0.1, 0.15) is 5.75 Å². The highest BCUT2D eigenvalue weighted by Crippen LogP contribution is 2.21. The van der Waals surface area contributed by atoms with E-state index in [2.05, 4.69) is 9.71 Å². The minimum atomic E-state index is -3.60. The van der Waals surface area contributed by atoms with Crippen LogP contribution < -0.4 is 9.46 Å². The number of hydrogen-bond donors (Lipinski definition) is 1. The zero-order valence-electron chi connectivity index (χ0n) is 8.95. The molecule has 1 aromatic carbocycles. The minimum Gasteiger partial charge on any atom is -0.497 e. The van der Waals surface area contributed by atoms with E-state index >= 15 is 0 Å². The first-order valence-corrected chi connectivity index (χ1v) is 7.04. The van der Waals surface area contributed by atoms with Crippen molar-refractivity contribution >= 4 is 26.5 Å². The summed E-state index contributed by atoms with van der Waals surface area (Å²) >= 11 is 1.22. The highest BCUT2D eigenvalue weighted by atomic mass is 32.2. The van der Waals surface area contributed by atoms with Crippen molar-refractivity contribution in [1.29, 1.82) is 0 Å². The van der Waals surface area contributed by atoms with Crippen molar-refractivity contribution in [2.24, 2.45) is 0 Å². The maximum Gasteiger partial charge on any atom is 0.263 e. The summed E-state index contributed by atoms with van der Waals surface area (Å²) in [5.41, 5.74) is 0. The average molecular weight is 270 g/mol. The Morgan fingerprint density at radius 1 is 1.41 bits per heavy atom. The van der Waals surface area contributed by atoms with Crippen molar-refractivity contribution in [3.05, 3.63) is 35.8 Å². The molecule has 17 heavy (non-hydrogen) atoms. The first-order chi connectivity index (χ1) is 8.12. The van der Waals surface area contributed by atoms with E-state index < -0.39 is 10.0 Å². The Morgan fingerprint density at radius 2 is 2.24 bits per heavy atom. The Labute approximate surface area is 103 Å². The normalized spacial score (nSPS) is 11.1. The fourth-order valence-electron chi connectivity index (χ4n) is 1.22. The molecule has 0 aliphatic heterocycles. The van der Waals surface area contributed by atoms with Crippen LogP contribution in [-0.2, 0) is 10.0 Å². The molecular weight excluding hydrogens is 260 g/mol. The molecule has 1 heterocycles. The van der Waals surface area contributed by atoms with Gasteiger partial charge in [-0.2, -0.15) is 0 Å². The van der Waals surface area contributed by atoms with Gasteiger partial charge in [0.15, 0.2) is 5.13 Å². The molecule has 0 radical (unpaired) electrons. The number of anilines is 1. The van der Waals surface area contributed by atoms with Crippen molar-refractivity contribution in [2.45, 2.75) is 4.90 Å². The SMILES string of the molecule is COc1cccc(S(=O)(=O)Nc2nccs2)c1. The summed E-state index contributed by atoms with van der Waals surface area (Å²) in [5, 5.41) is 2.04. The third-order valence-corrected chi connectivity index (χ3v) is 4.16. The van der Waals surface area contributed by atoms with Crippen LogP contribution in [0.3, 0.4) is 0 Å². The van der Waals surface area contributed by atoms with Crippen molar-refractivity contribution in [3.8, 4) is 5.75 Å². The molecule has 0 saturated carbocycles. The lowest BCUT2D eigenvalue weighted by molar-refractivity contribution is 0.413. The number of hydrogen-bond acceptors (Lipinski definition) is 5. The van der Waals surface area contributed by atoms with E-state index in [9.17, 15) is 8.42 Å². The molecule has 0 amide bonds. The third kappa shape index (κ3) is 2.75. The molecule has 7 heteroatoms. The Bertz CT molecular complexity index is 594. The van der Waals surface area contributed by atoms with E-state index in [-0.39, 0.29) is 4.90 Å². The standard InChI is InChI=1S/C10H10N2O3S2/c1-15-8-3-2-4-9(7-8)17(13,14)12-10-11-5-6-16-10/h2-7H,1H3,(H,11,12). The smallest absolute Gasteiger partial charge is 0.263 e. The second-order valence-electron chi connectivity index (χ2n) is 3.12. The number of methoxy groups -OCH3 is 1. The van der Waals surface area contributed by atoms with Crippen LogP contribution in [0.1, 0.15) is 0 Å². The van der Waals surface area contributed by atoms with Crippen LogP contribution in [0.15, 0.2) is 40.7 Å². The van der Waals surface area contributed by atoms with Crippen LogP contribution in [0.4, 0.5) is 5.13 Å². The highest BCUT2D eigenvalue weighted by Gasteiger charge is 2.15. The van der Waals surface area contributed by atoms with Gasteiger partial charge >= 0.3 is 0 Å². The molecular formula is C10H10N2O3S2. The van der Waals surface area contributed by atoms with Crippen LogP contribution >= 0.6 is 11.3 Å². The Morgan fingerprint density at radius 3 is 2.88 bits per heavy atom. The number of rotatable bonds is 4. The molecule has 0 aliphatic rings. The summed E-state index contributed by atoms with van der Waals surface area (Å²) in [4.78, 5) is 4.01. The topological polar surface area (TPSA) is 68.3 Å². The van der Waals surface area contributed by atoms with Crippen molar-refractivity contribution in [1.82, 2.24) is 4.98 Å². The number of sulfonamides is 1. The van der Waals surface area contributed by atoms with Gasteiger partial charge in [0.05, 0.1) is 12.0 Å². The summed E-state index contributed by atoms with van der Waals surface area (Å²) in [6, 6.07) is 6.26. The fourth-order valence-corrected chi connectivity index (χ4v) is 3.04. The predicted octanol–water partition coefficient (Wildman–Crippen LogP) is 1.95. The summed E-state index contributed by atoms with van der Waals surface area (Å²) in [6.07, 6.45) is 1.54. The first-order valence-electron chi connectivity index (χ1n) is 4.68. The van der Waals surface area contributed by atoms with Gasteiger partial charge in [-0.1, -0.05) is 6.07 Å². The lowest BCUT2D eigenvalue weighted by Gasteiger charge is -2.06. The van der Waals surface area contributed by atoms with Gasteiger partial charge in [0.2, 0.25) is 0 Å². The molecule has 0 unspecified atom stereocenters. The molecule has 0 aliphatic carbocycles. The van der Waals surface area contributed by atoms with Crippen LogP contribution in [0.2, 0.25) is 0 Å². The number of nitrogens with zero attached hydrogens (tertiary/aromatic N) is 1. The van der Waals surface area contributed by atoms with E-state index in [1.807, 2.05) is 0 Å². The van der Waals surface area contributed by atoms with E-state index in [1.165, 1.54) is 36.8 Å². The van der Waals surface area contributed by atoms with Gasteiger partial charge in [-0.05, 0) is 12.1 Å². The number of benzene rings is 1. The highest BCUT2D eigenvalue weighted by molar-refractivity contribution is 7.93. The molecule has 0 saturated heterocycles. The predicted molar refractivity (Wildman–Crippen MR) is 65.9 cm³/mol. The van der Waals surface area contributed by atoms with Crippen molar-refractivity contribution in [3.63, 3.8) is 0 Å². The first kappa shape index (κ1) is 11.9. The molecule has 0 bridgehead atoms. The largest absolute Gasteiger partial charge is 0.497 e. The van der Waals surface area contributed by atoms with Gasteiger partial charge in [-0.15, -0.1) is 11.3 Å². The molecule has 1 aromatic heterocycles. The minimum absolute atomic E-state index is 0.145. The van der Waals surface area contributed by atoms with Crippen molar-refractivity contribution < 1.29 is 13.2 Å². The zero-order chi connectivity index (χ0) is 12.3. The molecule has 0 atom stereocenters. The van der Waals surface area contributed by atoms with E-state index in [0.29, 0.717) is 10.9 Å². The monoisotopic (exact) mass is 270 g/mol. The maximum atomic E-state index is 12.0. The molecule has 90 valence electrons. The van der Waals surface area contributed by atoms with Crippen LogP contribution in [0, 0.1) is 0 Å². The summed E-state index contributed by atoms with van der Waals surface area (Å²) < 4.78 is 31.3. The quantitative estimate of drug-likeness (QED) is 0.922. The maximum absolute atomic E-state index is 12.0. The number of ether oxygens (including phenoxy) is 1. The second kappa shape index (κ2) is 4.72. The van der Waals surface area contributed by atoms with E-state index in [4.69, 9.17) is 4.74 Å². The zero-order valence-corrected chi connectivity index (χ0v) is 10.6. The summed E-state index contributed by atoms with van der Waals surface area (Å²) in [6.45, 7) is 0. The van der Waals surface area contributed by atoms with Gasteiger partial charge in [-0.25, -0.2) is 13.4 Å². The molecule has 0 spiro atoms. The Balaban J connectivity index is 2.31. The van der Waals surface area contributed by atoms with E-state index in [0.717, 1.165) is 0 Å². The molecule has 1 N–H and O–H groups in total. The fraction of sp³-hybridized carbons (Fsp3) is 0.100. The van der Waals surface area contributed by atoms with Gasteiger partial charge < -0.3 is 4.74 Å². The number of thiazole rings is 1.